The predicted molar refractivity (Wildman–Crippen MR) is 99.8 cm³/mol. The minimum Gasteiger partial charge on any atom is -0.350 e. The Bertz CT molecular complexity index is 793. The molecule has 2 heterocycles. The number of hydrogen-bond acceptors (Lipinski definition) is 4. The third-order valence-electron chi connectivity index (χ3n) is 4.38. The van der Waals surface area contributed by atoms with Crippen LogP contribution in [0.15, 0.2) is 24.3 Å². The van der Waals surface area contributed by atoms with Crippen LogP contribution < -0.4 is 10.2 Å². The lowest BCUT2D eigenvalue weighted by Gasteiger charge is -2.16. The van der Waals surface area contributed by atoms with Gasteiger partial charge in [-0.1, -0.05) is 17.7 Å². The van der Waals surface area contributed by atoms with Crippen LogP contribution in [-0.2, 0) is 17.8 Å². The topological polar surface area (TPSA) is 58.1 Å². The zero-order chi connectivity index (χ0) is 18.5. The molecule has 1 saturated heterocycles. The van der Waals surface area contributed by atoms with E-state index in [-0.39, 0.29) is 10.9 Å². The van der Waals surface area contributed by atoms with Crippen LogP contribution in [0.5, 0.6) is 0 Å². The number of nitrogens with one attached hydrogen (secondary N) is 1. The van der Waals surface area contributed by atoms with Gasteiger partial charge >= 0.3 is 0 Å². The third-order valence-corrected chi connectivity index (χ3v) is 4.67. The van der Waals surface area contributed by atoms with Crippen molar-refractivity contribution in [3.05, 3.63) is 52.1 Å². The quantitative estimate of drug-likeness (QED) is 0.839. The van der Waals surface area contributed by atoms with Gasteiger partial charge in [0.2, 0.25) is 11.9 Å². The second-order valence-electron chi connectivity index (χ2n) is 6.52. The van der Waals surface area contributed by atoms with Crippen LogP contribution in [0, 0.1) is 12.7 Å². The molecular formula is C19H22ClFN4O. The molecule has 0 bridgehead atoms. The Balaban J connectivity index is 1.53. The van der Waals surface area contributed by atoms with E-state index in [4.69, 9.17) is 11.6 Å². The van der Waals surface area contributed by atoms with E-state index in [1.54, 1.807) is 12.1 Å². The number of aryl methyl sites for hydroxylation is 2. The van der Waals surface area contributed by atoms with Crippen molar-refractivity contribution < 1.29 is 9.18 Å². The summed E-state index contributed by atoms with van der Waals surface area (Å²) >= 11 is 5.76. The van der Waals surface area contributed by atoms with Gasteiger partial charge in [0.05, 0.1) is 17.3 Å². The van der Waals surface area contributed by atoms with Crippen LogP contribution in [0.4, 0.5) is 10.3 Å². The number of carbonyl (C=O) groups is 1. The molecule has 7 heteroatoms. The normalized spacial score (nSPS) is 13.9. The van der Waals surface area contributed by atoms with Crippen molar-refractivity contribution in [1.82, 2.24) is 15.3 Å². The molecule has 1 aromatic heterocycles. The van der Waals surface area contributed by atoms with Crippen molar-refractivity contribution >= 4 is 23.5 Å². The smallest absolute Gasteiger partial charge is 0.225 e. The largest absolute Gasteiger partial charge is 0.350 e. The average Bonchev–Trinajstić information content (AvgIpc) is 3.15. The van der Waals surface area contributed by atoms with Gasteiger partial charge in [0.15, 0.2) is 0 Å². The number of benzene rings is 1. The number of hydrogen-bond donors (Lipinski definition) is 1. The molecule has 0 radical (unpaired) electrons. The maximum atomic E-state index is 13.2. The first kappa shape index (κ1) is 18.6. The molecule has 1 aliphatic heterocycles. The molecule has 0 aliphatic carbocycles. The summed E-state index contributed by atoms with van der Waals surface area (Å²) in [5.74, 6) is 0.213. The van der Waals surface area contributed by atoms with Gasteiger partial charge in [-0.25, -0.2) is 14.4 Å². The monoisotopic (exact) mass is 376 g/mol. The molecule has 3 rings (SSSR count). The van der Waals surface area contributed by atoms with Gasteiger partial charge in [0, 0.05) is 25.2 Å². The molecule has 1 aliphatic rings. The maximum absolute atomic E-state index is 13.2. The fraction of sp³-hybridized carbons (Fsp3) is 0.421. The van der Waals surface area contributed by atoms with Crippen molar-refractivity contribution in [2.45, 2.75) is 39.2 Å². The average molecular weight is 377 g/mol. The summed E-state index contributed by atoms with van der Waals surface area (Å²) in [6.07, 6.45) is 3.15. The summed E-state index contributed by atoms with van der Waals surface area (Å²) in [4.78, 5) is 23.3. The number of amides is 1. The van der Waals surface area contributed by atoms with Gasteiger partial charge in [-0.3, -0.25) is 4.79 Å². The van der Waals surface area contributed by atoms with E-state index in [1.165, 1.54) is 6.07 Å². The molecule has 26 heavy (non-hydrogen) atoms. The minimum absolute atomic E-state index is 0.0776. The summed E-state index contributed by atoms with van der Waals surface area (Å²) in [5.41, 5.74) is 2.53. The van der Waals surface area contributed by atoms with Crippen molar-refractivity contribution in [1.29, 1.82) is 0 Å². The first-order valence-corrected chi connectivity index (χ1v) is 9.19. The molecule has 0 spiro atoms. The van der Waals surface area contributed by atoms with E-state index in [1.807, 2.05) is 13.0 Å². The number of nitrogens with zero attached hydrogens (tertiary/aromatic N) is 3. The Kier molecular flexibility index (Phi) is 6.04. The van der Waals surface area contributed by atoms with E-state index < -0.39 is 5.82 Å². The molecule has 0 saturated carbocycles. The predicted octanol–water partition coefficient (Wildman–Crippen LogP) is 3.43. The molecular weight excluding hydrogens is 355 g/mol. The third kappa shape index (κ3) is 4.91. The summed E-state index contributed by atoms with van der Waals surface area (Å²) in [6.45, 7) is 4.27. The van der Waals surface area contributed by atoms with E-state index in [2.05, 4.69) is 20.2 Å². The highest BCUT2D eigenvalue weighted by molar-refractivity contribution is 6.30. The van der Waals surface area contributed by atoms with Gasteiger partial charge in [-0.2, -0.15) is 0 Å². The first-order chi connectivity index (χ1) is 12.5. The first-order valence-electron chi connectivity index (χ1n) is 8.81. The Morgan fingerprint density at radius 2 is 2.04 bits per heavy atom. The van der Waals surface area contributed by atoms with Crippen molar-refractivity contribution in [2.75, 3.05) is 18.0 Å². The molecule has 138 valence electrons. The highest BCUT2D eigenvalue weighted by Gasteiger charge is 2.16. The van der Waals surface area contributed by atoms with Gasteiger partial charge in [-0.05, 0) is 49.9 Å². The second-order valence-corrected chi connectivity index (χ2v) is 6.93. The van der Waals surface area contributed by atoms with Gasteiger partial charge in [-0.15, -0.1) is 0 Å². The Morgan fingerprint density at radius 3 is 2.77 bits per heavy atom. The number of carbonyl (C=O) groups excluding carboxylic acids is 1. The lowest BCUT2D eigenvalue weighted by molar-refractivity contribution is -0.121. The van der Waals surface area contributed by atoms with E-state index >= 15 is 0 Å². The summed E-state index contributed by atoms with van der Waals surface area (Å²) in [6, 6.07) is 6.41. The molecule has 1 fully saturated rings. The molecule has 0 unspecified atom stereocenters. The number of anilines is 1. The van der Waals surface area contributed by atoms with Gasteiger partial charge in [0.1, 0.15) is 5.82 Å². The fourth-order valence-corrected chi connectivity index (χ4v) is 3.20. The highest BCUT2D eigenvalue weighted by Crippen LogP contribution is 2.18. The van der Waals surface area contributed by atoms with Crippen molar-refractivity contribution in [2.24, 2.45) is 0 Å². The molecule has 5 nitrogen and oxygen atoms in total. The van der Waals surface area contributed by atoms with Gasteiger partial charge < -0.3 is 10.2 Å². The Labute approximate surface area is 157 Å². The zero-order valence-electron chi connectivity index (χ0n) is 14.8. The van der Waals surface area contributed by atoms with Crippen LogP contribution in [-0.4, -0.2) is 29.0 Å². The van der Waals surface area contributed by atoms with E-state index in [0.29, 0.717) is 19.4 Å². The summed E-state index contributed by atoms with van der Waals surface area (Å²) in [7, 11) is 0. The fourth-order valence-electron chi connectivity index (χ4n) is 3.00. The van der Waals surface area contributed by atoms with Crippen LogP contribution in [0.1, 0.15) is 36.2 Å². The van der Waals surface area contributed by atoms with Crippen molar-refractivity contribution in [3.63, 3.8) is 0 Å². The summed E-state index contributed by atoms with van der Waals surface area (Å²) < 4.78 is 13.2. The van der Waals surface area contributed by atoms with Crippen molar-refractivity contribution in [3.8, 4) is 0 Å². The summed E-state index contributed by atoms with van der Waals surface area (Å²) in [5, 5.41) is 2.96. The van der Waals surface area contributed by atoms with E-state index in [0.717, 1.165) is 48.8 Å². The number of rotatable bonds is 6. The Hall–Kier alpha value is -2.21. The maximum Gasteiger partial charge on any atom is 0.225 e. The van der Waals surface area contributed by atoms with Crippen LogP contribution >= 0.6 is 11.6 Å². The molecule has 1 amide bonds. The van der Waals surface area contributed by atoms with E-state index in [9.17, 15) is 9.18 Å². The SMILES string of the molecule is Cc1cc(CNC(=O)CCc2ccc(F)c(Cl)c2)nc(N2CCCC2)n1. The minimum atomic E-state index is -0.451. The van der Waals surface area contributed by atoms with Crippen LogP contribution in [0.25, 0.3) is 0 Å². The second kappa shape index (κ2) is 8.45. The van der Waals surface area contributed by atoms with Crippen LogP contribution in [0.2, 0.25) is 5.02 Å². The van der Waals surface area contributed by atoms with Crippen LogP contribution in [0.3, 0.4) is 0 Å². The number of aromatic nitrogens is 2. The molecule has 0 atom stereocenters. The van der Waals surface area contributed by atoms with Gasteiger partial charge in [0.25, 0.3) is 0 Å². The lowest BCUT2D eigenvalue weighted by atomic mass is 10.1. The molecule has 2 aromatic rings. The highest BCUT2D eigenvalue weighted by atomic mass is 35.5. The lowest BCUT2D eigenvalue weighted by Crippen LogP contribution is -2.25. The standard InChI is InChI=1S/C19H22ClFN4O/c1-13-10-15(24-19(23-13)25-8-2-3-9-25)12-22-18(26)7-5-14-4-6-17(21)16(20)11-14/h4,6,10-11H,2-3,5,7-9,12H2,1H3,(H,22,26). The Morgan fingerprint density at radius 1 is 1.27 bits per heavy atom. The molecule has 1 aromatic carbocycles. The number of halogens is 2. The zero-order valence-corrected chi connectivity index (χ0v) is 15.5. The molecule has 1 N–H and O–H groups in total.